The van der Waals surface area contributed by atoms with Crippen LogP contribution in [-0.4, -0.2) is 29.8 Å². The van der Waals surface area contributed by atoms with Crippen molar-refractivity contribution in [1.82, 2.24) is 10.3 Å². The fourth-order valence-electron chi connectivity index (χ4n) is 1.76. The summed E-state index contributed by atoms with van der Waals surface area (Å²) in [6.45, 7) is 2.72. The summed E-state index contributed by atoms with van der Waals surface area (Å²) in [4.78, 5) is 3.97. The van der Waals surface area contributed by atoms with Crippen LogP contribution in [0.4, 0.5) is 0 Å². The maximum atomic E-state index is 9.44. The molecule has 2 rings (SSSR count). The molecule has 0 aromatic carbocycles. The molecule has 1 saturated heterocycles. The molecule has 15 heavy (non-hydrogen) atoms. The summed E-state index contributed by atoms with van der Waals surface area (Å²) in [7, 11) is 0. The molecule has 0 bridgehead atoms. The molecule has 1 unspecified atom stereocenters. The molecule has 0 aliphatic carbocycles. The van der Waals surface area contributed by atoms with E-state index in [1.165, 1.54) is 12.8 Å². The summed E-state index contributed by atoms with van der Waals surface area (Å²) >= 11 is 0. The van der Waals surface area contributed by atoms with Crippen molar-refractivity contribution in [2.75, 3.05) is 19.7 Å². The molecular weight excluding hydrogens is 192 g/mol. The highest BCUT2D eigenvalue weighted by molar-refractivity contribution is 5.30. The first-order chi connectivity index (χ1) is 7.36. The predicted molar refractivity (Wildman–Crippen MR) is 57.0 cm³/mol. The Balaban J connectivity index is 1.84. The van der Waals surface area contributed by atoms with Gasteiger partial charge in [0.2, 0.25) is 0 Å². The SMILES string of the molecule is Oc1cccnc1OCC1CCCNC1. The second-order valence-corrected chi connectivity index (χ2v) is 3.85. The molecule has 0 saturated carbocycles. The molecule has 4 nitrogen and oxygen atoms in total. The van der Waals surface area contributed by atoms with Gasteiger partial charge >= 0.3 is 0 Å². The van der Waals surface area contributed by atoms with Gasteiger partial charge in [-0.25, -0.2) is 4.98 Å². The van der Waals surface area contributed by atoms with Gasteiger partial charge in [0.05, 0.1) is 6.61 Å². The lowest BCUT2D eigenvalue weighted by molar-refractivity contribution is 0.205. The van der Waals surface area contributed by atoms with Gasteiger partial charge < -0.3 is 15.2 Å². The summed E-state index contributed by atoms with van der Waals surface area (Å²) in [6, 6.07) is 3.27. The summed E-state index contributed by atoms with van der Waals surface area (Å²) in [5, 5.41) is 12.8. The predicted octanol–water partition coefficient (Wildman–Crippen LogP) is 1.17. The van der Waals surface area contributed by atoms with Crippen LogP contribution in [0.5, 0.6) is 11.6 Å². The van der Waals surface area contributed by atoms with E-state index in [9.17, 15) is 5.11 Å². The van der Waals surface area contributed by atoms with Crippen LogP contribution in [0.2, 0.25) is 0 Å². The number of hydrogen-bond donors (Lipinski definition) is 2. The zero-order chi connectivity index (χ0) is 10.5. The van der Waals surface area contributed by atoms with Crippen LogP contribution in [0.15, 0.2) is 18.3 Å². The lowest BCUT2D eigenvalue weighted by atomic mass is 10.0. The largest absolute Gasteiger partial charge is 0.503 e. The van der Waals surface area contributed by atoms with Crippen LogP contribution in [0.1, 0.15) is 12.8 Å². The number of aromatic nitrogens is 1. The summed E-state index contributed by atoms with van der Waals surface area (Å²) in [5.74, 6) is 0.976. The molecular formula is C11H16N2O2. The average molecular weight is 208 g/mol. The summed E-state index contributed by atoms with van der Waals surface area (Å²) < 4.78 is 5.48. The van der Waals surface area contributed by atoms with Crippen molar-refractivity contribution in [1.29, 1.82) is 0 Å². The zero-order valence-corrected chi connectivity index (χ0v) is 8.65. The molecule has 4 heteroatoms. The fraction of sp³-hybridized carbons (Fsp3) is 0.545. The van der Waals surface area contributed by atoms with Gasteiger partial charge in [-0.1, -0.05) is 0 Å². The summed E-state index contributed by atoms with van der Waals surface area (Å²) in [6.07, 6.45) is 4.00. The maximum absolute atomic E-state index is 9.44. The molecule has 0 radical (unpaired) electrons. The third kappa shape index (κ3) is 2.83. The molecule has 1 atom stereocenters. The third-order valence-corrected chi connectivity index (χ3v) is 2.61. The number of nitrogens with zero attached hydrogens (tertiary/aromatic N) is 1. The number of aromatic hydroxyl groups is 1. The van der Waals surface area contributed by atoms with Crippen molar-refractivity contribution < 1.29 is 9.84 Å². The molecule has 1 fully saturated rings. The highest BCUT2D eigenvalue weighted by Gasteiger charge is 2.14. The zero-order valence-electron chi connectivity index (χ0n) is 8.65. The Morgan fingerprint density at radius 3 is 3.27 bits per heavy atom. The highest BCUT2D eigenvalue weighted by atomic mass is 16.5. The monoisotopic (exact) mass is 208 g/mol. The van der Waals surface area contributed by atoms with Crippen molar-refractivity contribution >= 4 is 0 Å². The first-order valence-electron chi connectivity index (χ1n) is 5.34. The quantitative estimate of drug-likeness (QED) is 0.782. The molecule has 2 heterocycles. The standard InChI is InChI=1S/C11H16N2O2/c14-10-4-2-6-13-11(10)15-8-9-3-1-5-12-7-9/h2,4,6,9,12,14H,1,3,5,7-8H2. The van der Waals surface area contributed by atoms with Gasteiger partial charge in [0.25, 0.3) is 5.88 Å². The van der Waals surface area contributed by atoms with E-state index >= 15 is 0 Å². The van der Waals surface area contributed by atoms with Crippen molar-refractivity contribution in [3.63, 3.8) is 0 Å². The van der Waals surface area contributed by atoms with Gasteiger partial charge in [0.15, 0.2) is 5.75 Å². The Morgan fingerprint density at radius 2 is 2.53 bits per heavy atom. The Kier molecular flexibility index (Phi) is 3.40. The number of pyridine rings is 1. The molecule has 1 aliphatic rings. The Morgan fingerprint density at radius 1 is 1.60 bits per heavy atom. The number of ether oxygens (including phenoxy) is 1. The molecule has 82 valence electrons. The number of nitrogens with one attached hydrogen (secondary N) is 1. The molecule has 1 aromatic heterocycles. The van der Waals surface area contributed by atoms with Gasteiger partial charge in [-0.2, -0.15) is 0 Å². The van der Waals surface area contributed by atoms with Crippen LogP contribution in [0, 0.1) is 5.92 Å². The third-order valence-electron chi connectivity index (χ3n) is 2.61. The summed E-state index contributed by atoms with van der Waals surface area (Å²) in [5.41, 5.74) is 0. The molecule has 2 N–H and O–H groups in total. The van der Waals surface area contributed by atoms with Gasteiger partial charge in [-0.3, -0.25) is 0 Å². The van der Waals surface area contributed by atoms with Crippen LogP contribution >= 0.6 is 0 Å². The van der Waals surface area contributed by atoms with Gasteiger partial charge in [0, 0.05) is 18.7 Å². The van der Waals surface area contributed by atoms with Crippen molar-refractivity contribution in [2.45, 2.75) is 12.8 Å². The van der Waals surface area contributed by atoms with Crippen molar-refractivity contribution in [3.05, 3.63) is 18.3 Å². The first kappa shape index (κ1) is 10.2. The Labute approximate surface area is 89.3 Å². The van der Waals surface area contributed by atoms with E-state index in [-0.39, 0.29) is 5.75 Å². The maximum Gasteiger partial charge on any atom is 0.256 e. The normalized spacial score (nSPS) is 21.2. The minimum atomic E-state index is 0.112. The van der Waals surface area contributed by atoms with Crippen LogP contribution < -0.4 is 10.1 Å². The van der Waals surface area contributed by atoms with E-state index in [2.05, 4.69) is 10.3 Å². The second-order valence-electron chi connectivity index (χ2n) is 3.85. The number of piperidine rings is 1. The Bertz CT molecular complexity index is 311. The molecule has 0 spiro atoms. The number of rotatable bonds is 3. The Hall–Kier alpha value is -1.29. The molecule has 1 aliphatic heterocycles. The second kappa shape index (κ2) is 4.98. The highest BCUT2D eigenvalue weighted by Crippen LogP contribution is 2.22. The lowest BCUT2D eigenvalue weighted by Crippen LogP contribution is -2.33. The van der Waals surface area contributed by atoms with E-state index < -0.39 is 0 Å². The smallest absolute Gasteiger partial charge is 0.256 e. The van der Waals surface area contributed by atoms with E-state index in [1.54, 1.807) is 18.3 Å². The minimum absolute atomic E-state index is 0.112. The average Bonchev–Trinajstić information content (AvgIpc) is 2.29. The lowest BCUT2D eigenvalue weighted by Gasteiger charge is -2.22. The van der Waals surface area contributed by atoms with E-state index in [0.29, 0.717) is 18.4 Å². The first-order valence-corrected chi connectivity index (χ1v) is 5.34. The van der Waals surface area contributed by atoms with Gasteiger partial charge in [-0.15, -0.1) is 0 Å². The molecule has 1 aromatic rings. The van der Waals surface area contributed by atoms with Gasteiger partial charge in [-0.05, 0) is 31.5 Å². The van der Waals surface area contributed by atoms with Gasteiger partial charge in [0.1, 0.15) is 0 Å². The van der Waals surface area contributed by atoms with E-state index in [4.69, 9.17) is 4.74 Å². The van der Waals surface area contributed by atoms with Crippen molar-refractivity contribution in [3.8, 4) is 11.6 Å². The number of hydrogen-bond acceptors (Lipinski definition) is 4. The van der Waals surface area contributed by atoms with Crippen LogP contribution in [0.25, 0.3) is 0 Å². The van der Waals surface area contributed by atoms with E-state index in [1.807, 2.05) is 0 Å². The topological polar surface area (TPSA) is 54.4 Å². The fourth-order valence-corrected chi connectivity index (χ4v) is 1.76. The van der Waals surface area contributed by atoms with Crippen LogP contribution in [0.3, 0.4) is 0 Å². The molecule has 0 amide bonds. The van der Waals surface area contributed by atoms with Crippen LogP contribution in [-0.2, 0) is 0 Å². The van der Waals surface area contributed by atoms with E-state index in [0.717, 1.165) is 13.1 Å². The van der Waals surface area contributed by atoms with Crippen molar-refractivity contribution in [2.24, 2.45) is 5.92 Å². The minimum Gasteiger partial charge on any atom is -0.503 e.